The lowest BCUT2D eigenvalue weighted by molar-refractivity contribution is -0.385. The molecular formula is C12H18N2O5S2. The predicted molar refractivity (Wildman–Crippen MR) is 82.7 cm³/mol. The Labute approximate surface area is 128 Å². The van der Waals surface area contributed by atoms with Crippen molar-refractivity contribution in [2.24, 2.45) is 0 Å². The molecule has 7 nitrogen and oxygen atoms in total. The number of nitro groups is 1. The maximum absolute atomic E-state index is 12.1. The van der Waals surface area contributed by atoms with Crippen LogP contribution < -0.4 is 4.72 Å². The van der Waals surface area contributed by atoms with Gasteiger partial charge in [-0.15, -0.1) is 0 Å². The Morgan fingerprint density at radius 2 is 2.05 bits per heavy atom. The SMILES string of the molecule is CSC(CO)C(C)NS(=O)(=O)Cc1ccccc1[N+](=O)[O-]. The molecule has 0 radical (unpaired) electrons. The van der Waals surface area contributed by atoms with Gasteiger partial charge in [-0.1, -0.05) is 18.2 Å². The summed E-state index contributed by atoms with van der Waals surface area (Å²) < 4.78 is 26.6. The number of aliphatic hydroxyl groups excluding tert-OH is 1. The number of nitrogens with zero attached hydrogens (tertiary/aromatic N) is 1. The topological polar surface area (TPSA) is 110 Å². The fraction of sp³-hybridized carbons (Fsp3) is 0.500. The van der Waals surface area contributed by atoms with Crippen LogP contribution in [0.15, 0.2) is 24.3 Å². The van der Waals surface area contributed by atoms with E-state index in [1.165, 1.54) is 30.0 Å². The largest absolute Gasteiger partial charge is 0.395 e. The van der Waals surface area contributed by atoms with E-state index in [2.05, 4.69) is 4.72 Å². The number of hydrogen-bond donors (Lipinski definition) is 2. The Bertz CT molecular complexity index is 587. The van der Waals surface area contributed by atoms with Crippen molar-refractivity contribution < 1.29 is 18.4 Å². The van der Waals surface area contributed by atoms with Crippen LogP contribution in [0, 0.1) is 10.1 Å². The first kappa shape index (κ1) is 17.9. The third-order valence-electron chi connectivity index (χ3n) is 2.94. The summed E-state index contributed by atoms with van der Waals surface area (Å²) in [6.07, 6.45) is 1.77. The van der Waals surface area contributed by atoms with Gasteiger partial charge in [0.05, 0.1) is 17.3 Å². The zero-order valence-electron chi connectivity index (χ0n) is 11.7. The second-order valence-electron chi connectivity index (χ2n) is 4.51. The van der Waals surface area contributed by atoms with Crippen LogP contribution in [0.5, 0.6) is 0 Å². The first-order valence-corrected chi connectivity index (χ1v) is 9.10. The Morgan fingerprint density at radius 3 is 2.57 bits per heavy atom. The summed E-state index contributed by atoms with van der Waals surface area (Å²) in [4.78, 5) is 10.3. The number of sulfonamides is 1. The molecule has 0 heterocycles. The smallest absolute Gasteiger partial charge is 0.273 e. The molecule has 2 N–H and O–H groups in total. The predicted octanol–water partition coefficient (Wildman–Crippen LogP) is 1.13. The summed E-state index contributed by atoms with van der Waals surface area (Å²) in [5.74, 6) is -0.471. The fourth-order valence-electron chi connectivity index (χ4n) is 1.85. The Balaban J connectivity index is 2.89. The maximum atomic E-state index is 12.1. The van der Waals surface area contributed by atoms with Gasteiger partial charge in [-0.2, -0.15) is 11.8 Å². The van der Waals surface area contributed by atoms with Crippen LogP contribution in [0.2, 0.25) is 0 Å². The van der Waals surface area contributed by atoms with E-state index in [0.29, 0.717) is 0 Å². The van der Waals surface area contributed by atoms with Crippen molar-refractivity contribution in [2.45, 2.75) is 24.0 Å². The van der Waals surface area contributed by atoms with Crippen molar-refractivity contribution in [2.75, 3.05) is 12.9 Å². The zero-order chi connectivity index (χ0) is 16.0. The minimum Gasteiger partial charge on any atom is -0.395 e. The van der Waals surface area contributed by atoms with E-state index in [-0.39, 0.29) is 23.1 Å². The van der Waals surface area contributed by atoms with Gasteiger partial charge < -0.3 is 5.11 Å². The van der Waals surface area contributed by atoms with Crippen molar-refractivity contribution in [1.29, 1.82) is 0 Å². The molecule has 1 aromatic rings. The van der Waals surface area contributed by atoms with Crippen molar-refractivity contribution in [3.63, 3.8) is 0 Å². The van der Waals surface area contributed by atoms with E-state index in [1.807, 2.05) is 0 Å². The molecule has 1 aromatic carbocycles. The van der Waals surface area contributed by atoms with Crippen molar-refractivity contribution in [3.05, 3.63) is 39.9 Å². The summed E-state index contributed by atoms with van der Waals surface area (Å²) in [5.41, 5.74) is -0.0917. The van der Waals surface area contributed by atoms with Gasteiger partial charge in [0.2, 0.25) is 10.0 Å². The van der Waals surface area contributed by atoms with E-state index >= 15 is 0 Å². The number of hydrogen-bond acceptors (Lipinski definition) is 6. The minimum absolute atomic E-state index is 0.131. The molecule has 9 heteroatoms. The quantitative estimate of drug-likeness (QED) is 0.545. The molecular weight excluding hydrogens is 316 g/mol. The van der Waals surface area contributed by atoms with Crippen LogP contribution in [0.25, 0.3) is 0 Å². The molecule has 118 valence electrons. The van der Waals surface area contributed by atoms with Gasteiger partial charge in [-0.05, 0) is 13.2 Å². The molecule has 2 atom stereocenters. The third-order valence-corrected chi connectivity index (χ3v) is 5.52. The molecule has 0 aromatic heterocycles. The van der Waals surface area contributed by atoms with E-state index in [0.717, 1.165) is 0 Å². The average molecular weight is 334 g/mol. The van der Waals surface area contributed by atoms with Crippen LogP contribution in [-0.2, 0) is 15.8 Å². The average Bonchev–Trinajstić information content (AvgIpc) is 2.39. The Morgan fingerprint density at radius 1 is 1.43 bits per heavy atom. The highest BCUT2D eigenvalue weighted by atomic mass is 32.2. The van der Waals surface area contributed by atoms with E-state index < -0.39 is 26.7 Å². The molecule has 0 saturated heterocycles. The van der Waals surface area contributed by atoms with Gasteiger partial charge in [-0.3, -0.25) is 10.1 Å². The zero-order valence-corrected chi connectivity index (χ0v) is 13.4. The summed E-state index contributed by atoms with van der Waals surface area (Å²) in [6, 6.07) is 5.25. The molecule has 1 rings (SSSR count). The number of aliphatic hydroxyl groups is 1. The highest BCUT2D eigenvalue weighted by molar-refractivity contribution is 7.99. The molecule has 21 heavy (non-hydrogen) atoms. The second kappa shape index (κ2) is 7.74. The van der Waals surface area contributed by atoms with Gasteiger partial charge >= 0.3 is 0 Å². The van der Waals surface area contributed by atoms with Crippen LogP contribution in [0.3, 0.4) is 0 Å². The third kappa shape index (κ3) is 5.27. The number of nitro benzene ring substituents is 1. The lowest BCUT2D eigenvalue weighted by atomic mass is 10.2. The van der Waals surface area contributed by atoms with Crippen LogP contribution in [-0.4, -0.2) is 42.6 Å². The van der Waals surface area contributed by atoms with Crippen molar-refractivity contribution >= 4 is 27.5 Å². The summed E-state index contributed by atoms with van der Waals surface area (Å²) in [7, 11) is -3.73. The van der Waals surface area contributed by atoms with Gasteiger partial charge in [0.1, 0.15) is 0 Å². The minimum atomic E-state index is -3.73. The summed E-state index contributed by atoms with van der Waals surface area (Å²) in [6.45, 7) is 1.49. The molecule has 0 aliphatic rings. The van der Waals surface area contributed by atoms with Crippen LogP contribution in [0.1, 0.15) is 12.5 Å². The molecule has 0 aliphatic heterocycles. The number of thioether (sulfide) groups is 1. The van der Waals surface area contributed by atoms with E-state index in [4.69, 9.17) is 5.11 Å². The van der Waals surface area contributed by atoms with E-state index in [1.54, 1.807) is 19.2 Å². The van der Waals surface area contributed by atoms with Gasteiger partial charge in [0.15, 0.2) is 0 Å². The van der Waals surface area contributed by atoms with Crippen molar-refractivity contribution in [1.82, 2.24) is 4.72 Å². The number of benzene rings is 1. The second-order valence-corrected chi connectivity index (χ2v) is 7.34. The van der Waals surface area contributed by atoms with Gasteiger partial charge in [-0.25, -0.2) is 13.1 Å². The summed E-state index contributed by atoms with van der Waals surface area (Å²) >= 11 is 1.35. The molecule has 0 amide bonds. The van der Waals surface area contributed by atoms with Crippen LogP contribution in [0.4, 0.5) is 5.69 Å². The molecule has 0 bridgehead atoms. The van der Waals surface area contributed by atoms with Gasteiger partial charge in [0, 0.05) is 22.9 Å². The molecule has 2 unspecified atom stereocenters. The van der Waals surface area contributed by atoms with Crippen molar-refractivity contribution in [3.8, 4) is 0 Å². The van der Waals surface area contributed by atoms with E-state index in [9.17, 15) is 18.5 Å². The first-order valence-electron chi connectivity index (χ1n) is 6.16. The highest BCUT2D eigenvalue weighted by Gasteiger charge is 2.24. The fourth-order valence-corrected chi connectivity index (χ4v) is 4.03. The highest BCUT2D eigenvalue weighted by Crippen LogP contribution is 2.20. The molecule has 0 saturated carbocycles. The number of rotatable bonds is 8. The maximum Gasteiger partial charge on any atom is 0.273 e. The molecule has 0 fully saturated rings. The monoisotopic (exact) mass is 334 g/mol. The lowest BCUT2D eigenvalue weighted by Gasteiger charge is -2.21. The Hall–Kier alpha value is -1.16. The normalized spacial score (nSPS) is 14.6. The molecule has 0 spiro atoms. The Kier molecular flexibility index (Phi) is 6.59. The standard InChI is InChI=1S/C12H18N2O5S2/c1-9(12(7-15)20-2)13-21(18,19)8-10-5-3-4-6-11(10)14(16)17/h3-6,9,12-13,15H,7-8H2,1-2H3. The summed E-state index contributed by atoms with van der Waals surface area (Å²) in [5, 5.41) is 19.8. The number of nitrogens with one attached hydrogen (secondary N) is 1. The lowest BCUT2D eigenvalue weighted by Crippen LogP contribution is -2.41. The van der Waals surface area contributed by atoms with Gasteiger partial charge in [0.25, 0.3) is 5.69 Å². The first-order chi connectivity index (χ1) is 9.80. The number of para-hydroxylation sites is 1. The van der Waals surface area contributed by atoms with Crippen LogP contribution >= 0.6 is 11.8 Å². The molecule has 0 aliphatic carbocycles.